The molecule has 0 aliphatic rings. The van der Waals surface area contributed by atoms with E-state index >= 15 is 0 Å². The molecule has 1 aromatic rings. The summed E-state index contributed by atoms with van der Waals surface area (Å²) < 4.78 is 23.1. The van der Waals surface area contributed by atoms with Crippen LogP contribution >= 0.6 is 0 Å². The zero-order valence-corrected chi connectivity index (χ0v) is 11.4. The minimum atomic E-state index is -0.777. The first-order chi connectivity index (χ1) is 9.47. The van der Waals surface area contributed by atoms with Gasteiger partial charge in [-0.1, -0.05) is 0 Å². The van der Waals surface area contributed by atoms with Gasteiger partial charge in [-0.3, -0.25) is 0 Å². The number of carbonyl (C=O) groups is 2. The first-order valence-electron chi connectivity index (χ1n) is 5.79. The molecule has 0 saturated carbocycles. The van der Waals surface area contributed by atoms with Gasteiger partial charge in [0.15, 0.2) is 0 Å². The van der Waals surface area contributed by atoms with Crippen LogP contribution in [0.25, 0.3) is 0 Å². The number of methoxy groups -OCH3 is 1. The highest BCUT2D eigenvalue weighted by atomic mass is 19.1. The van der Waals surface area contributed by atoms with Crippen molar-refractivity contribution in [2.75, 3.05) is 26.1 Å². The standard InChI is InChI=1S/C12H16FN3O4/c1-4-20-12(18)15-16(2)11(17)14-10-6-5-8(19-3)7-9(10)13/h5-7H,4H2,1-3H3,(H,14,17)(H,15,18). The van der Waals surface area contributed by atoms with Crippen LogP contribution in [0, 0.1) is 5.82 Å². The molecule has 0 heterocycles. The van der Waals surface area contributed by atoms with Crippen LogP contribution in [0.3, 0.4) is 0 Å². The molecule has 7 nitrogen and oxygen atoms in total. The fourth-order valence-electron chi connectivity index (χ4n) is 1.27. The highest BCUT2D eigenvalue weighted by molar-refractivity contribution is 5.90. The lowest BCUT2D eigenvalue weighted by atomic mass is 10.3. The van der Waals surface area contributed by atoms with Crippen molar-refractivity contribution < 1.29 is 23.5 Å². The first kappa shape index (κ1) is 15.5. The molecule has 2 N–H and O–H groups in total. The Bertz CT molecular complexity index is 496. The predicted molar refractivity (Wildman–Crippen MR) is 69.9 cm³/mol. The van der Waals surface area contributed by atoms with Crippen LogP contribution in [0.5, 0.6) is 5.75 Å². The molecular formula is C12H16FN3O4. The van der Waals surface area contributed by atoms with Crippen molar-refractivity contribution in [3.05, 3.63) is 24.0 Å². The Hall–Kier alpha value is -2.51. The van der Waals surface area contributed by atoms with E-state index in [0.717, 1.165) is 11.1 Å². The average Bonchev–Trinajstić information content (AvgIpc) is 2.41. The third-order valence-corrected chi connectivity index (χ3v) is 2.26. The van der Waals surface area contributed by atoms with Crippen LogP contribution in [-0.4, -0.2) is 37.9 Å². The summed E-state index contributed by atoms with van der Waals surface area (Å²) in [5, 5.41) is 3.14. The van der Waals surface area contributed by atoms with E-state index < -0.39 is 17.9 Å². The molecule has 1 rings (SSSR count). The molecule has 3 amide bonds. The first-order valence-corrected chi connectivity index (χ1v) is 5.79. The normalized spacial score (nSPS) is 9.60. The second-order valence-corrected chi connectivity index (χ2v) is 3.67. The number of hydrazine groups is 1. The summed E-state index contributed by atoms with van der Waals surface area (Å²) >= 11 is 0. The molecule has 0 aromatic heterocycles. The minimum Gasteiger partial charge on any atom is -0.497 e. The molecule has 0 atom stereocenters. The van der Waals surface area contributed by atoms with E-state index in [9.17, 15) is 14.0 Å². The molecule has 0 unspecified atom stereocenters. The van der Waals surface area contributed by atoms with Crippen LogP contribution in [0.4, 0.5) is 19.7 Å². The number of nitrogens with one attached hydrogen (secondary N) is 2. The minimum absolute atomic E-state index is 0.0340. The van der Waals surface area contributed by atoms with Crippen molar-refractivity contribution in [2.45, 2.75) is 6.92 Å². The summed E-state index contributed by atoms with van der Waals surface area (Å²) in [6.45, 7) is 1.81. The lowest BCUT2D eigenvalue weighted by Gasteiger charge is -2.18. The average molecular weight is 285 g/mol. The third kappa shape index (κ3) is 4.30. The summed E-state index contributed by atoms with van der Waals surface area (Å²) in [4.78, 5) is 22.8. The Morgan fingerprint density at radius 3 is 2.65 bits per heavy atom. The molecule has 0 saturated heterocycles. The predicted octanol–water partition coefficient (Wildman–Crippen LogP) is 1.96. The fourth-order valence-corrected chi connectivity index (χ4v) is 1.27. The lowest BCUT2D eigenvalue weighted by molar-refractivity contribution is 0.126. The highest BCUT2D eigenvalue weighted by Crippen LogP contribution is 2.20. The molecule has 0 fully saturated rings. The van der Waals surface area contributed by atoms with Crippen molar-refractivity contribution in [3.63, 3.8) is 0 Å². The Morgan fingerprint density at radius 1 is 1.40 bits per heavy atom. The van der Waals surface area contributed by atoms with E-state index in [1.165, 1.54) is 26.3 Å². The van der Waals surface area contributed by atoms with Gasteiger partial charge in [0.1, 0.15) is 11.6 Å². The van der Waals surface area contributed by atoms with Crippen LogP contribution in [-0.2, 0) is 4.74 Å². The van der Waals surface area contributed by atoms with Gasteiger partial charge in [0.25, 0.3) is 0 Å². The van der Waals surface area contributed by atoms with Crippen molar-refractivity contribution >= 4 is 17.8 Å². The molecule has 0 spiro atoms. The number of halogens is 1. The molecule has 0 aliphatic carbocycles. The number of amides is 3. The molecular weight excluding hydrogens is 269 g/mol. The van der Waals surface area contributed by atoms with Gasteiger partial charge < -0.3 is 14.8 Å². The van der Waals surface area contributed by atoms with Gasteiger partial charge >= 0.3 is 12.1 Å². The van der Waals surface area contributed by atoms with Crippen molar-refractivity contribution in [2.24, 2.45) is 0 Å². The Balaban J connectivity index is 2.63. The maximum atomic E-state index is 13.6. The Kier molecular flexibility index (Phi) is 5.57. The summed E-state index contributed by atoms with van der Waals surface area (Å²) in [6, 6.07) is 3.26. The summed E-state index contributed by atoms with van der Waals surface area (Å²) in [5.74, 6) is -0.319. The second kappa shape index (κ2) is 7.17. The molecule has 0 bridgehead atoms. The number of carbonyl (C=O) groups excluding carboxylic acids is 2. The smallest absolute Gasteiger partial charge is 0.426 e. The Labute approximate surface area is 115 Å². The molecule has 20 heavy (non-hydrogen) atoms. The van der Waals surface area contributed by atoms with Crippen LogP contribution < -0.4 is 15.5 Å². The largest absolute Gasteiger partial charge is 0.497 e. The molecule has 0 radical (unpaired) electrons. The van der Waals surface area contributed by atoms with E-state index in [1.807, 2.05) is 0 Å². The highest BCUT2D eigenvalue weighted by Gasteiger charge is 2.14. The van der Waals surface area contributed by atoms with E-state index in [1.54, 1.807) is 6.92 Å². The molecule has 110 valence electrons. The summed E-state index contributed by atoms with van der Waals surface area (Å²) in [6.07, 6.45) is -0.777. The maximum Gasteiger partial charge on any atom is 0.426 e. The van der Waals surface area contributed by atoms with E-state index in [2.05, 4.69) is 15.5 Å². The van der Waals surface area contributed by atoms with Gasteiger partial charge in [0.2, 0.25) is 0 Å². The monoisotopic (exact) mass is 285 g/mol. The quantitative estimate of drug-likeness (QED) is 0.832. The number of ether oxygens (including phenoxy) is 2. The van der Waals surface area contributed by atoms with Crippen LogP contribution in [0.15, 0.2) is 18.2 Å². The van der Waals surface area contributed by atoms with Crippen LogP contribution in [0.1, 0.15) is 6.92 Å². The number of urea groups is 1. The van der Waals surface area contributed by atoms with E-state index in [0.29, 0.717) is 5.75 Å². The zero-order valence-electron chi connectivity index (χ0n) is 11.4. The van der Waals surface area contributed by atoms with Gasteiger partial charge in [0, 0.05) is 13.1 Å². The van der Waals surface area contributed by atoms with Crippen molar-refractivity contribution in [1.82, 2.24) is 10.4 Å². The maximum absolute atomic E-state index is 13.6. The van der Waals surface area contributed by atoms with Crippen LogP contribution in [0.2, 0.25) is 0 Å². The topological polar surface area (TPSA) is 79.9 Å². The SMILES string of the molecule is CCOC(=O)NN(C)C(=O)Nc1ccc(OC)cc1F. The van der Waals surface area contributed by atoms with Gasteiger partial charge in [-0.25, -0.2) is 24.4 Å². The zero-order chi connectivity index (χ0) is 15.1. The third-order valence-electron chi connectivity index (χ3n) is 2.26. The van der Waals surface area contributed by atoms with Gasteiger partial charge in [-0.15, -0.1) is 0 Å². The number of hydrogen-bond acceptors (Lipinski definition) is 4. The Morgan fingerprint density at radius 2 is 2.10 bits per heavy atom. The van der Waals surface area contributed by atoms with E-state index in [-0.39, 0.29) is 12.3 Å². The second-order valence-electron chi connectivity index (χ2n) is 3.67. The number of rotatable bonds is 3. The molecule has 0 aliphatic heterocycles. The molecule has 1 aromatic carbocycles. The molecule has 8 heteroatoms. The summed E-state index contributed by atoms with van der Waals surface area (Å²) in [7, 11) is 2.71. The number of nitrogens with zero attached hydrogens (tertiary/aromatic N) is 1. The van der Waals surface area contributed by atoms with Gasteiger partial charge in [0.05, 0.1) is 19.4 Å². The van der Waals surface area contributed by atoms with Crippen molar-refractivity contribution in [1.29, 1.82) is 0 Å². The van der Waals surface area contributed by atoms with Crippen molar-refractivity contribution in [3.8, 4) is 5.75 Å². The summed E-state index contributed by atoms with van der Waals surface area (Å²) in [5.41, 5.74) is 2.12. The number of benzene rings is 1. The lowest BCUT2D eigenvalue weighted by Crippen LogP contribution is -2.45. The number of anilines is 1. The number of hydrogen-bond donors (Lipinski definition) is 2. The fraction of sp³-hybridized carbons (Fsp3) is 0.333. The van der Waals surface area contributed by atoms with E-state index in [4.69, 9.17) is 4.74 Å². The van der Waals surface area contributed by atoms with Gasteiger partial charge in [-0.05, 0) is 19.1 Å². The van der Waals surface area contributed by atoms with Gasteiger partial charge in [-0.2, -0.15) is 0 Å².